The Kier molecular flexibility index (Phi) is 4.42. The molecule has 7 atom stereocenters. The minimum atomic E-state index is -0.0260. The summed E-state index contributed by atoms with van der Waals surface area (Å²) in [7, 11) is 1.87. The fraction of sp³-hybridized carbons (Fsp3) is 1.00. The lowest BCUT2D eigenvalue weighted by Crippen LogP contribution is -2.49. The zero-order valence-corrected chi connectivity index (χ0v) is 13.4. The van der Waals surface area contributed by atoms with Crippen molar-refractivity contribution in [3.8, 4) is 0 Å². The van der Waals surface area contributed by atoms with Crippen LogP contribution in [-0.2, 0) is 4.74 Å². The number of hydrogen-bond acceptors (Lipinski definition) is 2. The lowest BCUT2D eigenvalue weighted by Gasteiger charge is -2.53. The Morgan fingerprint density at radius 1 is 0.900 bits per heavy atom. The molecule has 2 heteroatoms. The zero-order chi connectivity index (χ0) is 14.3. The molecule has 0 spiro atoms. The van der Waals surface area contributed by atoms with E-state index in [1.165, 1.54) is 38.5 Å². The second kappa shape index (κ2) is 5.96. The van der Waals surface area contributed by atoms with E-state index in [0.29, 0.717) is 12.0 Å². The first-order valence-electron chi connectivity index (χ1n) is 8.81. The van der Waals surface area contributed by atoms with Gasteiger partial charge in [-0.25, -0.2) is 0 Å². The van der Waals surface area contributed by atoms with Gasteiger partial charge in [-0.2, -0.15) is 0 Å². The van der Waals surface area contributed by atoms with E-state index in [-0.39, 0.29) is 6.10 Å². The van der Waals surface area contributed by atoms with Crippen molar-refractivity contribution in [2.24, 2.45) is 35.5 Å². The van der Waals surface area contributed by atoms with Crippen LogP contribution >= 0.6 is 0 Å². The van der Waals surface area contributed by atoms with Crippen LogP contribution in [0.1, 0.15) is 58.8 Å². The van der Waals surface area contributed by atoms with Gasteiger partial charge in [-0.3, -0.25) is 0 Å². The summed E-state index contributed by atoms with van der Waals surface area (Å²) >= 11 is 0. The summed E-state index contributed by atoms with van der Waals surface area (Å²) in [6.45, 7) is 4.70. The summed E-state index contributed by atoms with van der Waals surface area (Å²) in [5.41, 5.74) is 0. The molecular formula is C18H32O2. The van der Waals surface area contributed by atoms with Gasteiger partial charge in [0.25, 0.3) is 0 Å². The zero-order valence-electron chi connectivity index (χ0n) is 13.4. The highest BCUT2D eigenvalue weighted by molar-refractivity contribution is 4.98. The van der Waals surface area contributed by atoms with Gasteiger partial charge in [0.05, 0.1) is 12.2 Å². The summed E-state index contributed by atoms with van der Waals surface area (Å²) in [6.07, 6.45) is 9.25. The molecule has 3 rings (SSSR count). The average molecular weight is 280 g/mol. The third-order valence-corrected chi connectivity index (χ3v) is 6.86. The SMILES string of the molecule is CO[C@@H]1CCC2C[C@H](O)[C@@H]3CC(C(C)C)CCC3C2C1. The topological polar surface area (TPSA) is 29.5 Å². The van der Waals surface area contributed by atoms with E-state index in [0.717, 1.165) is 36.0 Å². The van der Waals surface area contributed by atoms with Gasteiger partial charge in [-0.15, -0.1) is 0 Å². The summed E-state index contributed by atoms with van der Waals surface area (Å²) in [4.78, 5) is 0. The van der Waals surface area contributed by atoms with E-state index in [1.807, 2.05) is 7.11 Å². The smallest absolute Gasteiger partial charge is 0.0574 e. The number of aliphatic hydroxyl groups excluding tert-OH is 1. The third-order valence-electron chi connectivity index (χ3n) is 6.86. The molecule has 0 radical (unpaired) electrons. The van der Waals surface area contributed by atoms with Crippen LogP contribution in [0.5, 0.6) is 0 Å². The highest BCUT2D eigenvalue weighted by Crippen LogP contribution is 2.53. The molecule has 0 bridgehead atoms. The molecule has 3 fully saturated rings. The minimum Gasteiger partial charge on any atom is -0.393 e. The van der Waals surface area contributed by atoms with Gasteiger partial charge in [-0.05, 0) is 80.5 Å². The van der Waals surface area contributed by atoms with Crippen LogP contribution in [0, 0.1) is 35.5 Å². The predicted molar refractivity (Wildman–Crippen MR) is 81.4 cm³/mol. The van der Waals surface area contributed by atoms with Crippen LogP contribution in [0.3, 0.4) is 0 Å². The van der Waals surface area contributed by atoms with Gasteiger partial charge in [0.2, 0.25) is 0 Å². The van der Waals surface area contributed by atoms with Crippen LogP contribution < -0.4 is 0 Å². The first-order chi connectivity index (χ1) is 9.60. The van der Waals surface area contributed by atoms with Gasteiger partial charge in [0, 0.05) is 7.11 Å². The molecule has 0 heterocycles. The molecule has 116 valence electrons. The molecule has 3 aliphatic carbocycles. The maximum absolute atomic E-state index is 10.6. The molecular weight excluding hydrogens is 248 g/mol. The lowest BCUT2D eigenvalue weighted by molar-refractivity contribution is -0.100. The summed E-state index contributed by atoms with van der Waals surface area (Å²) < 4.78 is 5.64. The van der Waals surface area contributed by atoms with E-state index >= 15 is 0 Å². The number of fused-ring (bicyclic) bond motifs is 3. The highest BCUT2D eigenvalue weighted by atomic mass is 16.5. The number of rotatable bonds is 2. The number of ether oxygens (including phenoxy) is 1. The monoisotopic (exact) mass is 280 g/mol. The number of hydrogen-bond donors (Lipinski definition) is 1. The van der Waals surface area contributed by atoms with Gasteiger partial charge in [0.1, 0.15) is 0 Å². The normalized spacial score (nSPS) is 48.8. The van der Waals surface area contributed by atoms with Crippen molar-refractivity contribution < 1.29 is 9.84 Å². The molecule has 0 amide bonds. The fourth-order valence-corrected chi connectivity index (χ4v) is 5.59. The number of aliphatic hydroxyl groups is 1. The Hall–Kier alpha value is -0.0800. The summed E-state index contributed by atoms with van der Waals surface area (Å²) in [6, 6.07) is 0. The fourth-order valence-electron chi connectivity index (χ4n) is 5.59. The van der Waals surface area contributed by atoms with Crippen molar-refractivity contribution in [3.05, 3.63) is 0 Å². The molecule has 0 aromatic carbocycles. The average Bonchev–Trinajstić information content (AvgIpc) is 2.46. The molecule has 2 nitrogen and oxygen atoms in total. The second-order valence-corrected chi connectivity index (χ2v) is 8.04. The first kappa shape index (κ1) is 14.8. The van der Waals surface area contributed by atoms with Crippen molar-refractivity contribution in [2.45, 2.75) is 71.0 Å². The van der Waals surface area contributed by atoms with E-state index in [1.54, 1.807) is 0 Å². The van der Waals surface area contributed by atoms with E-state index in [9.17, 15) is 5.11 Å². The molecule has 0 aromatic heterocycles. The van der Waals surface area contributed by atoms with Crippen molar-refractivity contribution in [3.63, 3.8) is 0 Å². The van der Waals surface area contributed by atoms with Crippen molar-refractivity contribution >= 4 is 0 Å². The maximum atomic E-state index is 10.6. The van der Waals surface area contributed by atoms with E-state index < -0.39 is 0 Å². The quantitative estimate of drug-likeness (QED) is 0.832. The molecule has 3 aliphatic rings. The Labute approximate surface area is 124 Å². The second-order valence-electron chi connectivity index (χ2n) is 8.04. The van der Waals surface area contributed by atoms with Crippen LogP contribution in [0.25, 0.3) is 0 Å². The standard InChI is InChI=1S/C18H32O2/c1-11(2)12-5-7-15-16-10-14(20-3)6-4-13(16)9-18(19)17(15)8-12/h11-19H,4-10H2,1-3H3/t12?,13?,14-,15?,16?,17-,18+/m1/s1. The van der Waals surface area contributed by atoms with Gasteiger partial charge in [0.15, 0.2) is 0 Å². The van der Waals surface area contributed by atoms with E-state index in [4.69, 9.17) is 4.74 Å². The predicted octanol–water partition coefficient (Wildman–Crippen LogP) is 3.87. The highest BCUT2D eigenvalue weighted by Gasteiger charge is 2.48. The van der Waals surface area contributed by atoms with Crippen LogP contribution in [0.2, 0.25) is 0 Å². The Balaban J connectivity index is 1.73. The molecule has 0 aromatic rings. The van der Waals surface area contributed by atoms with Crippen LogP contribution in [0.4, 0.5) is 0 Å². The largest absolute Gasteiger partial charge is 0.393 e. The van der Waals surface area contributed by atoms with Crippen molar-refractivity contribution in [2.75, 3.05) is 7.11 Å². The van der Waals surface area contributed by atoms with Crippen molar-refractivity contribution in [1.82, 2.24) is 0 Å². The van der Waals surface area contributed by atoms with Gasteiger partial charge >= 0.3 is 0 Å². The van der Waals surface area contributed by atoms with E-state index in [2.05, 4.69) is 13.8 Å². The minimum absolute atomic E-state index is 0.0260. The number of methoxy groups -OCH3 is 1. The molecule has 4 unspecified atom stereocenters. The van der Waals surface area contributed by atoms with Crippen LogP contribution in [-0.4, -0.2) is 24.4 Å². The van der Waals surface area contributed by atoms with Crippen molar-refractivity contribution in [1.29, 1.82) is 0 Å². The Bertz CT molecular complexity index is 327. The van der Waals surface area contributed by atoms with Gasteiger partial charge < -0.3 is 9.84 Å². The lowest BCUT2D eigenvalue weighted by atomic mass is 9.54. The first-order valence-corrected chi connectivity index (χ1v) is 8.81. The molecule has 20 heavy (non-hydrogen) atoms. The molecule has 0 saturated heterocycles. The molecule has 3 saturated carbocycles. The Morgan fingerprint density at radius 3 is 2.40 bits per heavy atom. The summed E-state index contributed by atoms with van der Waals surface area (Å²) in [5, 5.41) is 10.6. The Morgan fingerprint density at radius 2 is 1.70 bits per heavy atom. The molecule has 1 N–H and O–H groups in total. The van der Waals surface area contributed by atoms with Gasteiger partial charge in [-0.1, -0.05) is 13.8 Å². The summed E-state index contributed by atoms with van der Waals surface area (Å²) in [5.74, 6) is 4.57. The molecule has 0 aliphatic heterocycles. The maximum Gasteiger partial charge on any atom is 0.0574 e. The third kappa shape index (κ3) is 2.66. The van der Waals surface area contributed by atoms with Crippen LogP contribution in [0.15, 0.2) is 0 Å².